The third-order valence-electron chi connectivity index (χ3n) is 3.20. The van der Waals surface area contributed by atoms with Crippen LogP contribution in [0.1, 0.15) is 11.6 Å². The van der Waals surface area contributed by atoms with Gasteiger partial charge in [0.2, 0.25) is 10.0 Å². The van der Waals surface area contributed by atoms with Crippen molar-refractivity contribution in [2.75, 3.05) is 0 Å². The average Bonchev–Trinajstić information content (AvgIpc) is 3.00. The number of benzene rings is 1. The van der Waals surface area contributed by atoms with Crippen molar-refractivity contribution in [3.8, 4) is 0 Å². The van der Waals surface area contributed by atoms with E-state index in [1.165, 1.54) is 0 Å². The fourth-order valence-corrected chi connectivity index (χ4v) is 3.67. The fraction of sp³-hybridized carbons (Fsp3) is 0.154. The number of hydrogen-bond donors (Lipinski definition) is 1. The van der Waals surface area contributed by atoms with E-state index in [1.54, 1.807) is 4.72 Å². The Morgan fingerprint density at radius 1 is 1.12 bits per heavy atom. The summed E-state index contributed by atoms with van der Waals surface area (Å²) >= 11 is 0.795. The van der Waals surface area contributed by atoms with Crippen LogP contribution in [-0.2, 0) is 10.0 Å². The van der Waals surface area contributed by atoms with Gasteiger partial charge in [-0.25, -0.2) is 17.8 Å². The minimum Gasteiger partial charge on any atom is -0.233 e. The summed E-state index contributed by atoms with van der Waals surface area (Å²) in [6.07, 6.45) is -4.03. The predicted octanol–water partition coefficient (Wildman–Crippen LogP) is 2.81. The van der Waals surface area contributed by atoms with Gasteiger partial charge in [0, 0.05) is 6.20 Å². The van der Waals surface area contributed by atoms with E-state index in [-0.39, 0.29) is 11.2 Å². The normalized spacial score (nSPS) is 13.9. The molecule has 0 aliphatic carbocycles. The van der Waals surface area contributed by atoms with E-state index in [9.17, 15) is 26.0 Å². The molecule has 12 heteroatoms. The second-order valence-corrected chi connectivity index (χ2v) is 7.17. The number of pyridine rings is 1. The van der Waals surface area contributed by atoms with Crippen LogP contribution in [0.5, 0.6) is 0 Å². The van der Waals surface area contributed by atoms with Crippen LogP contribution >= 0.6 is 11.7 Å². The molecule has 2 aromatic heterocycles. The lowest BCUT2D eigenvalue weighted by atomic mass is 10.1. The summed E-state index contributed by atoms with van der Waals surface area (Å²) in [7, 11) is -4.56. The van der Waals surface area contributed by atoms with E-state index in [0.717, 1.165) is 48.3 Å². The number of nitrogens with one attached hydrogen (secondary N) is 1. The van der Waals surface area contributed by atoms with Crippen LogP contribution in [0.2, 0.25) is 0 Å². The van der Waals surface area contributed by atoms with E-state index in [1.807, 2.05) is 0 Å². The highest BCUT2D eigenvalue weighted by molar-refractivity contribution is 7.89. The molecule has 1 N–H and O–H groups in total. The number of nitrogens with zero attached hydrogens (tertiary/aromatic N) is 3. The van der Waals surface area contributed by atoms with E-state index in [2.05, 4.69) is 13.7 Å². The molecule has 0 aliphatic rings. The number of hydrogen-bond acceptors (Lipinski definition) is 6. The zero-order chi connectivity index (χ0) is 18.2. The second kappa shape index (κ2) is 6.28. The summed E-state index contributed by atoms with van der Waals surface area (Å²) in [5.41, 5.74) is -0.102. The molecule has 0 fully saturated rings. The third kappa shape index (κ3) is 3.75. The van der Waals surface area contributed by atoms with Crippen LogP contribution < -0.4 is 4.72 Å². The van der Waals surface area contributed by atoms with Gasteiger partial charge in [-0.05, 0) is 23.8 Å². The first kappa shape index (κ1) is 17.6. The highest BCUT2D eigenvalue weighted by Gasteiger charge is 2.43. The van der Waals surface area contributed by atoms with Crippen molar-refractivity contribution in [1.29, 1.82) is 0 Å². The molecular weight excluding hydrogens is 384 g/mol. The minimum absolute atomic E-state index is 0.151. The lowest BCUT2D eigenvalue weighted by Crippen LogP contribution is -2.38. The summed E-state index contributed by atoms with van der Waals surface area (Å²) in [6.45, 7) is 0. The summed E-state index contributed by atoms with van der Waals surface area (Å²) in [6, 6.07) is 1.89. The van der Waals surface area contributed by atoms with Crippen molar-refractivity contribution in [2.24, 2.45) is 0 Å². The fourth-order valence-electron chi connectivity index (χ4n) is 2.02. The number of aromatic nitrogens is 3. The van der Waals surface area contributed by atoms with Gasteiger partial charge in [-0.1, -0.05) is 12.1 Å². The van der Waals surface area contributed by atoms with Crippen LogP contribution in [0.25, 0.3) is 11.2 Å². The van der Waals surface area contributed by atoms with E-state index >= 15 is 0 Å². The quantitative estimate of drug-likeness (QED) is 0.690. The molecule has 25 heavy (non-hydrogen) atoms. The Bertz CT molecular complexity index is 1000. The van der Waals surface area contributed by atoms with Gasteiger partial charge in [0.15, 0.2) is 5.65 Å². The van der Waals surface area contributed by atoms with Crippen molar-refractivity contribution < 1.29 is 26.0 Å². The molecule has 0 spiro atoms. The zero-order valence-electron chi connectivity index (χ0n) is 12.0. The third-order valence-corrected chi connectivity index (χ3v) is 5.13. The van der Waals surface area contributed by atoms with Crippen molar-refractivity contribution >= 4 is 32.9 Å². The summed E-state index contributed by atoms with van der Waals surface area (Å²) in [4.78, 5) is 3.27. The molecular formula is C13H8F4N4O2S2. The zero-order valence-corrected chi connectivity index (χ0v) is 13.7. The Morgan fingerprint density at radius 2 is 1.80 bits per heavy atom. The second-order valence-electron chi connectivity index (χ2n) is 4.93. The first-order valence-corrected chi connectivity index (χ1v) is 8.81. The first-order chi connectivity index (χ1) is 11.7. The monoisotopic (exact) mass is 392 g/mol. The van der Waals surface area contributed by atoms with Gasteiger partial charge in [-0.3, -0.25) is 0 Å². The Balaban J connectivity index is 1.98. The molecule has 0 aliphatic heterocycles. The molecule has 0 bridgehead atoms. The lowest BCUT2D eigenvalue weighted by molar-refractivity contribution is -0.153. The largest absolute Gasteiger partial charge is 0.408 e. The maximum Gasteiger partial charge on any atom is 0.408 e. The number of alkyl halides is 3. The molecule has 0 radical (unpaired) electrons. The molecule has 0 saturated heterocycles. The lowest BCUT2D eigenvalue weighted by Gasteiger charge is -2.22. The van der Waals surface area contributed by atoms with Gasteiger partial charge in [-0.2, -0.15) is 26.6 Å². The standard InChI is InChI=1S/C13H8F4N4O2S2/c14-8-3-1-7(2-4-8)11(13(15,16)17)21-25(22,23)9-5-10-12(18-6-9)20-24-19-10/h1-6,11,21H/t11-/m1/s1. The highest BCUT2D eigenvalue weighted by atomic mass is 32.2. The van der Waals surface area contributed by atoms with E-state index in [0.29, 0.717) is 0 Å². The highest BCUT2D eigenvalue weighted by Crippen LogP contribution is 2.34. The number of halogens is 4. The van der Waals surface area contributed by atoms with Gasteiger partial charge in [-0.15, -0.1) is 0 Å². The molecule has 0 saturated carbocycles. The summed E-state index contributed by atoms with van der Waals surface area (Å²) < 4.78 is 86.6. The molecule has 0 unspecified atom stereocenters. The van der Waals surface area contributed by atoms with Crippen LogP contribution in [0.4, 0.5) is 17.6 Å². The minimum atomic E-state index is -4.93. The Kier molecular flexibility index (Phi) is 4.43. The molecule has 2 heterocycles. The summed E-state index contributed by atoms with van der Waals surface area (Å²) in [5, 5.41) is 0. The maximum absolute atomic E-state index is 13.3. The van der Waals surface area contributed by atoms with Crippen molar-refractivity contribution in [1.82, 2.24) is 18.5 Å². The SMILES string of the molecule is O=S(=O)(N[C@H](c1ccc(F)cc1)C(F)(F)F)c1cnc2nsnc2c1. The first-order valence-electron chi connectivity index (χ1n) is 6.60. The van der Waals surface area contributed by atoms with E-state index < -0.39 is 38.5 Å². The Labute approximate surface area is 142 Å². The maximum atomic E-state index is 13.3. The smallest absolute Gasteiger partial charge is 0.233 e. The summed E-state index contributed by atoms with van der Waals surface area (Å²) in [5.74, 6) is -0.738. The van der Waals surface area contributed by atoms with Crippen LogP contribution in [0, 0.1) is 5.82 Å². The van der Waals surface area contributed by atoms with E-state index in [4.69, 9.17) is 0 Å². The van der Waals surface area contributed by atoms with Gasteiger partial charge in [0.1, 0.15) is 22.3 Å². The molecule has 6 nitrogen and oxygen atoms in total. The average molecular weight is 392 g/mol. The molecule has 1 aromatic carbocycles. The number of sulfonamides is 1. The van der Waals surface area contributed by atoms with Crippen LogP contribution in [0.3, 0.4) is 0 Å². The van der Waals surface area contributed by atoms with Crippen molar-refractivity contribution in [3.63, 3.8) is 0 Å². The van der Waals surface area contributed by atoms with Gasteiger partial charge < -0.3 is 0 Å². The van der Waals surface area contributed by atoms with Crippen LogP contribution in [0.15, 0.2) is 41.4 Å². The molecule has 3 aromatic rings. The van der Waals surface area contributed by atoms with Gasteiger partial charge in [0.25, 0.3) is 0 Å². The molecule has 132 valence electrons. The molecule has 3 rings (SSSR count). The van der Waals surface area contributed by atoms with Gasteiger partial charge >= 0.3 is 6.18 Å². The van der Waals surface area contributed by atoms with Gasteiger partial charge in [0.05, 0.1) is 11.7 Å². The van der Waals surface area contributed by atoms with Crippen LogP contribution in [-0.4, -0.2) is 28.3 Å². The number of rotatable bonds is 4. The number of fused-ring (bicyclic) bond motifs is 1. The topological polar surface area (TPSA) is 84.8 Å². The molecule has 1 atom stereocenters. The Morgan fingerprint density at radius 3 is 2.44 bits per heavy atom. The molecule has 0 amide bonds. The van der Waals surface area contributed by atoms with Crippen molar-refractivity contribution in [2.45, 2.75) is 17.1 Å². The Hall–Kier alpha value is -2.18. The predicted molar refractivity (Wildman–Crippen MR) is 80.7 cm³/mol. The van der Waals surface area contributed by atoms with Crippen molar-refractivity contribution in [3.05, 3.63) is 47.9 Å².